The van der Waals surface area contributed by atoms with Gasteiger partial charge in [0.1, 0.15) is 0 Å². The zero-order chi connectivity index (χ0) is 14.9. The molecule has 2 aromatic carbocycles. The van der Waals surface area contributed by atoms with Gasteiger partial charge < -0.3 is 5.73 Å². The van der Waals surface area contributed by atoms with Crippen LogP contribution in [0.1, 0.15) is 22.7 Å². The third-order valence-electron chi connectivity index (χ3n) is 3.22. The van der Waals surface area contributed by atoms with Gasteiger partial charge in [0.25, 0.3) is 0 Å². The second-order valence-electron chi connectivity index (χ2n) is 4.83. The molecule has 0 aliphatic carbocycles. The Balaban J connectivity index is 2.33. The Morgan fingerprint density at radius 3 is 2.10 bits per heavy atom. The molecule has 0 amide bonds. The maximum atomic E-state index is 11.4. The van der Waals surface area contributed by atoms with Crippen molar-refractivity contribution in [1.82, 2.24) is 0 Å². The van der Waals surface area contributed by atoms with Gasteiger partial charge in [-0.15, -0.1) is 0 Å². The first-order valence-corrected chi connectivity index (χ1v) is 8.37. The van der Waals surface area contributed by atoms with E-state index in [2.05, 4.69) is 0 Å². The Bertz CT molecular complexity index is 724. The van der Waals surface area contributed by atoms with Gasteiger partial charge in [-0.3, -0.25) is 0 Å². The van der Waals surface area contributed by atoms with Crippen molar-refractivity contribution in [3.8, 4) is 0 Å². The predicted octanol–water partition coefficient (Wildman–Crippen LogP) is 3.10. The van der Waals surface area contributed by atoms with Gasteiger partial charge in [0.05, 0.1) is 10.9 Å². The van der Waals surface area contributed by atoms with Crippen LogP contribution in [0.4, 0.5) is 0 Å². The van der Waals surface area contributed by atoms with Gasteiger partial charge in [-0.2, -0.15) is 0 Å². The molecule has 0 aliphatic rings. The second kappa shape index (κ2) is 5.56. The summed E-state index contributed by atoms with van der Waals surface area (Å²) >= 11 is 6.10. The summed E-state index contributed by atoms with van der Waals surface area (Å²) in [6, 6.07) is 12.0. The van der Waals surface area contributed by atoms with Crippen LogP contribution in [0.15, 0.2) is 47.4 Å². The molecule has 0 aliphatic heterocycles. The minimum atomic E-state index is -3.18. The molecule has 106 valence electrons. The number of hydrogen-bond donors (Lipinski definition) is 1. The molecular weight excluding hydrogens is 294 g/mol. The molecule has 2 N–H and O–H groups in total. The maximum Gasteiger partial charge on any atom is 0.175 e. The highest BCUT2D eigenvalue weighted by Gasteiger charge is 2.12. The molecule has 5 heteroatoms. The van der Waals surface area contributed by atoms with Gasteiger partial charge >= 0.3 is 0 Å². The molecule has 0 fully saturated rings. The second-order valence-corrected chi connectivity index (χ2v) is 7.25. The lowest BCUT2D eigenvalue weighted by atomic mass is 9.99. The summed E-state index contributed by atoms with van der Waals surface area (Å²) in [5.74, 6) is 0. The maximum absolute atomic E-state index is 11.4. The lowest BCUT2D eigenvalue weighted by molar-refractivity contribution is 0.602. The number of rotatable bonds is 3. The first kappa shape index (κ1) is 15.0. The molecule has 1 atom stereocenters. The van der Waals surface area contributed by atoms with Crippen LogP contribution < -0.4 is 5.73 Å². The number of halogens is 1. The highest BCUT2D eigenvalue weighted by molar-refractivity contribution is 7.90. The molecule has 20 heavy (non-hydrogen) atoms. The largest absolute Gasteiger partial charge is 0.320 e. The third-order valence-corrected chi connectivity index (χ3v) is 4.76. The van der Waals surface area contributed by atoms with Gasteiger partial charge in [0, 0.05) is 11.3 Å². The van der Waals surface area contributed by atoms with E-state index in [1.54, 1.807) is 24.3 Å². The molecule has 2 rings (SSSR count). The van der Waals surface area contributed by atoms with Crippen molar-refractivity contribution in [3.05, 3.63) is 64.2 Å². The van der Waals surface area contributed by atoms with Crippen LogP contribution in [0.3, 0.4) is 0 Å². The first-order chi connectivity index (χ1) is 9.29. The van der Waals surface area contributed by atoms with Crippen LogP contribution in [0.2, 0.25) is 5.02 Å². The Kier molecular flexibility index (Phi) is 4.18. The zero-order valence-electron chi connectivity index (χ0n) is 11.3. The fourth-order valence-corrected chi connectivity index (χ4v) is 2.74. The number of hydrogen-bond acceptors (Lipinski definition) is 3. The quantitative estimate of drug-likeness (QED) is 0.947. The smallest absolute Gasteiger partial charge is 0.175 e. The Morgan fingerprint density at radius 1 is 1.05 bits per heavy atom. The number of sulfone groups is 1. The molecule has 0 spiro atoms. The Hall–Kier alpha value is -1.36. The fraction of sp³-hybridized carbons (Fsp3) is 0.200. The minimum absolute atomic E-state index is 0.287. The summed E-state index contributed by atoms with van der Waals surface area (Å²) in [6.07, 6.45) is 1.18. The average molecular weight is 310 g/mol. The van der Waals surface area contributed by atoms with E-state index in [0.717, 1.165) is 16.7 Å². The summed E-state index contributed by atoms with van der Waals surface area (Å²) in [5, 5.41) is 0.672. The van der Waals surface area contributed by atoms with Crippen LogP contribution in [0.25, 0.3) is 0 Å². The summed E-state index contributed by atoms with van der Waals surface area (Å²) in [5.41, 5.74) is 8.92. The van der Waals surface area contributed by atoms with Crippen molar-refractivity contribution < 1.29 is 8.42 Å². The molecular formula is C15H16ClNO2S. The molecule has 0 bridgehead atoms. The van der Waals surface area contributed by atoms with Crippen LogP contribution in [-0.2, 0) is 9.84 Å². The summed E-state index contributed by atoms with van der Waals surface area (Å²) in [7, 11) is -3.18. The van der Waals surface area contributed by atoms with Gasteiger partial charge in [-0.1, -0.05) is 35.9 Å². The van der Waals surface area contributed by atoms with E-state index in [-0.39, 0.29) is 10.9 Å². The van der Waals surface area contributed by atoms with E-state index in [0.29, 0.717) is 5.02 Å². The Morgan fingerprint density at radius 2 is 1.60 bits per heavy atom. The lowest BCUT2D eigenvalue weighted by Crippen LogP contribution is -2.12. The zero-order valence-corrected chi connectivity index (χ0v) is 12.9. The lowest BCUT2D eigenvalue weighted by Gasteiger charge is -2.14. The molecule has 0 radical (unpaired) electrons. The summed E-state index contributed by atoms with van der Waals surface area (Å²) in [4.78, 5) is 0.287. The SMILES string of the molecule is Cc1ccc(C(N)c2ccc(S(C)(=O)=O)cc2)cc1Cl. The van der Waals surface area contributed by atoms with Gasteiger partial charge in [0.2, 0.25) is 0 Å². The number of benzene rings is 2. The van der Waals surface area contributed by atoms with Crippen molar-refractivity contribution >= 4 is 21.4 Å². The van der Waals surface area contributed by atoms with Crippen molar-refractivity contribution in [3.63, 3.8) is 0 Å². The highest BCUT2D eigenvalue weighted by atomic mass is 35.5. The molecule has 1 unspecified atom stereocenters. The molecule has 2 aromatic rings. The van der Waals surface area contributed by atoms with E-state index in [1.807, 2.05) is 25.1 Å². The van der Waals surface area contributed by atoms with Crippen molar-refractivity contribution in [2.75, 3.05) is 6.26 Å². The summed E-state index contributed by atoms with van der Waals surface area (Å²) in [6.45, 7) is 1.93. The number of nitrogens with two attached hydrogens (primary N) is 1. The van der Waals surface area contributed by atoms with Crippen LogP contribution in [-0.4, -0.2) is 14.7 Å². The third kappa shape index (κ3) is 3.20. The molecule has 0 saturated carbocycles. The van der Waals surface area contributed by atoms with Crippen LogP contribution >= 0.6 is 11.6 Å². The van der Waals surface area contributed by atoms with E-state index in [9.17, 15) is 8.42 Å². The van der Waals surface area contributed by atoms with Gasteiger partial charge in [0.15, 0.2) is 9.84 Å². The van der Waals surface area contributed by atoms with Crippen LogP contribution in [0, 0.1) is 6.92 Å². The summed E-state index contributed by atoms with van der Waals surface area (Å²) < 4.78 is 22.8. The van der Waals surface area contributed by atoms with E-state index >= 15 is 0 Å². The first-order valence-electron chi connectivity index (χ1n) is 6.10. The monoisotopic (exact) mass is 309 g/mol. The Labute approximate surface area is 124 Å². The molecule has 3 nitrogen and oxygen atoms in total. The fourth-order valence-electron chi connectivity index (χ4n) is 1.92. The van der Waals surface area contributed by atoms with Crippen molar-refractivity contribution in [2.45, 2.75) is 17.9 Å². The van der Waals surface area contributed by atoms with Crippen molar-refractivity contribution in [1.29, 1.82) is 0 Å². The van der Waals surface area contributed by atoms with Crippen molar-refractivity contribution in [2.24, 2.45) is 5.73 Å². The number of aryl methyl sites for hydroxylation is 1. The van der Waals surface area contributed by atoms with Gasteiger partial charge in [-0.05, 0) is 41.8 Å². The molecule has 0 saturated heterocycles. The topological polar surface area (TPSA) is 60.2 Å². The van der Waals surface area contributed by atoms with E-state index < -0.39 is 9.84 Å². The van der Waals surface area contributed by atoms with E-state index in [4.69, 9.17) is 17.3 Å². The molecule has 0 heterocycles. The minimum Gasteiger partial charge on any atom is -0.320 e. The molecule has 0 aromatic heterocycles. The van der Waals surface area contributed by atoms with Crippen LogP contribution in [0.5, 0.6) is 0 Å². The van der Waals surface area contributed by atoms with E-state index in [1.165, 1.54) is 6.26 Å². The normalized spacial score (nSPS) is 13.2. The average Bonchev–Trinajstić information content (AvgIpc) is 2.40. The standard InChI is InChI=1S/C15H16ClNO2S/c1-10-3-4-12(9-14(10)16)15(17)11-5-7-13(8-6-11)20(2,18)19/h3-9,15H,17H2,1-2H3. The van der Waals surface area contributed by atoms with Gasteiger partial charge in [-0.25, -0.2) is 8.42 Å². The predicted molar refractivity (Wildman–Crippen MR) is 81.8 cm³/mol. The highest BCUT2D eigenvalue weighted by Crippen LogP contribution is 2.25.